The number of piperidine rings is 1. The first-order valence-electron chi connectivity index (χ1n) is 9.30. The van der Waals surface area contributed by atoms with Crippen LogP contribution in [0.5, 0.6) is 0 Å². The van der Waals surface area contributed by atoms with Crippen molar-refractivity contribution in [3.05, 3.63) is 18.0 Å². The SMILES string of the molecule is c1cc2nnc(C3CC3)n2nc1N1CCC2(CCCCC2)CC1. The maximum Gasteiger partial charge on any atom is 0.178 e. The van der Waals surface area contributed by atoms with Crippen molar-refractivity contribution in [3.63, 3.8) is 0 Å². The van der Waals surface area contributed by atoms with E-state index in [2.05, 4.69) is 27.2 Å². The van der Waals surface area contributed by atoms with Gasteiger partial charge in [-0.1, -0.05) is 19.3 Å². The van der Waals surface area contributed by atoms with Crippen molar-refractivity contribution in [2.45, 2.75) is 63.7 Å². The van der Waals surface area contributed by atoms with Crippen molar-refractivity contribution in [1.82, 2.24) is 19.8 Å². The highest BCUT2D eigenvalue weighted by Gasteiger charge is 2.36. The number of hydrogen-bond donors (Lipinski definition) is 0. The minimum absolute atomic E-state index is 0.583. The van der Waals surface area contributed by atoms with Gasteiger partial charge < -0.3 is 4.90 Å². The Bertz CT molecular complexity index is 701. The van der Waals surface area contributed by atoms with Gasteiger partial charge in [-0.05, 0) is 56.1 Å². The number of fused-ring (bicyclic) bond motifs is 1. The molecule has 5 rings (SSSR count). The fourth-order valence-corrected chi connectivity index (χ4v) is 4.57. The van der Waals surface area contributed by atoms with Crippen LogP contribution in [-0.2, 0) is 0 Å². The molecule has 2 aliphatic carbocycles. The summed E-state index contributed by atoms with van der Waals surface area (Å²) >= 11 is 0. The molecule has 0 unspecified atom stereocenters. The van der Waals surface area contributed by atoms with Crippen LogP contribution >= 0.6 is 0 Å². The Hall–Kier alpha value is -1.65. The van der Waals surface area contributed by atoms with Crippen LogP contribution in [0.25, 0.3) is 5.65 Å². The predicted molar refractivity (Wildman–Crippen MR) is 89.7 cm³/mol. The van der Waals surface area contributed by atoms with E-state index in [4.69, 9.17) is 5.10 Å². The minimum atomic E-state index is 0.583. The van der Waals surface area contributed by atoms with Crippen molar-refractivity contribution in [1.29, 1.82) is 0 Å². The molecule has 1 saturated heterocycles. The lowest BCUT2D eigenvalue weighted by atomic mass is 9.68. The molecule has 0 N–H and O–H groups in total. The monoisotopic (exact) mass is 311 g/mol. The lowest BCUT2D eigenvalue weighted by Crippen LogP contribution is -2.41. The zero-order valence-corrected chi connectivity index (χ0v) is 13.7. The van der Waals surface area contributed by atoms with Crippen LogP contribution in [0, 0.1) is 5.41 Å². The summed E-state index contributed by atoms with van der Waals surface area (Å²) in [5.74, 6) is 2.74. The summed E-state index contributed by atoms with van der Waals surface area (Å²) in [5.41, 5.74) is 1.53. The Kier molecular flexibility index (Phi) is 3.10. The molecule has 3 fully saturated rings. The molecule has 3 heterocycles. The van der Waals surface area contributed by atoms with Crippen LogP contribution < -0.4 is 4.90 Å². The molecule has 1 aliphatic heterocycles. The lowest BCUT2D eigenvalue weighted by molar-refractivity contribution is 0.144. The molecule has 2 aromatic rings. The third-order valence-electron chi connectivity index (χ3n) is 6.28. The first-order valence-corrected chi connectivity index (χ1v) is 9.30. The summed E-state index contributed by atoms with van der Waals surface area (Å²) in [4.78, 5) is 2.47. The Morgan fingerprint density at radius 3 is 2.43 bits per heavy atom. The van der Waals surface area contributed by atoms with E-state index in [1.165, 1.54) is 57.8 Å². The van der Waals surface area contributed by atoms with E-state index < -0.39 is 0 Å². The lowest BCUT2D eigenvalue weighted by Gasteiger charge is -2.44. The Morgan fingerprint density at radius 2 is 1.70 bits per heavy atom. The third-order valence-corrected chi connectivity index (χ3v) is 6.28. The molecule has 0 amide bonds. The van der Waals surface area contributed by atoms with Crippen molar-refractivity contribution in [2.24, 2.45) is 5.41 Å². The smallest absolute Gasteiger partial charge is 0.178 e. The molecule has 5 nitrogen and oxygen atoms in total. The van der Waals surface area contributed by atoms with Crippen molar-refractivity contribution in [3.8, 4) is 0 Å². The van der Waals surface area contributed by atoms with E-state index in [9.17, 15) is 0 Å². The van der Waals surface area contributed by atoms with Crippen molar-refractivity contribution in [2.75, 3.05) is 18.0 Å². The van der Waals surface area contributed by atoms with E-state index in [1.54, 1.807) is 0 Å². The van der Waals surface area contributed by atoms with Crippen LogP contribution in [0.15, 0.2) is 12.1 Å². The van der Waals surface area contributed by atoms with Gasteiger partial charge in [0, 0.05) is 19.0 Å². The van der Waals surface area contributed by atoms with E-state index in [-0.39, 0.29) is 0 Å². The van der Waals surface area contributed by atoms with Crippen molar-refractivity contribution >= 4 is 11.5 Å². The molecule has 1 spiro atoms. The largest absolute Gasteiger partial charge is 0.355 e. The Morgan fingerprint density at radius 1 is 0.913 bits per heavy atom. The van der Waals surface area contributed by atoms with Gasteiger partial charge in [-0.15, -0.1) is 15.3 Å². The molecule has 5 heteroatoms. The van der Waals surface area contributed by atoms with Gasteiger partial charge >= 0.3 is 0 Å². The summed E-state index contributed by atoms with van der Waals surface area (Å²) in [6, 6.07) is 4.20. The van der Waals surface area contributed by atoms with Gasteiger partial charge in [-0.3, -0.25) is 0 Å². The van der Waals surface area contributed by atoms with Crippen LogP contribution in [0.3, 0.4) is 0 Å². The third kappa shape index (κ3) is 2.41. The second-order valence-electron chi connectivity index (χ2n) is 7.84. The highest BCUT2D eigenvalue weighted by atomic mass is 15.4. The Balaban J connectivity index is 1.37. The van der Waals surface area contributed by atoms with Crippen LogP contribution in [-0.4, -0.2) is 32.9 Å². The van der Waals surface area contributed by atoms with Gasteiger partial charge in [-0.2, -0.15) is 4.52 Å². The molecule has 2 saturated carbocycles. The molecular weight excluding hydrogens is 286 g/mol. The summed E-state index contributed by atoms with van der Waals surface area (Å²) in [7, 11) is 0. The number of rotatable bonds is 2. The number of nitrogens with zero attached hydrogens (tertiary/aromatic N) is 5. The average Bonchev–Trinajstić information content (AvgIpc) is 3.35. The fourth-order valence-electron chi connectivity index (χ4n) is 4.57. The summed E-state index contributed by atoms with van der Waals surface area (Å²) in [6.45, 7) is 2.30. The molecule has 122 valence electrons. The van der Waals surface area contributed by atoms with Gasteiger partial charge in [0.05, 0.1) is 0 Å². The van der Waals surface area contributed by atoms with E-state index in [0.717, 1.165) is 30.4 Å². The zero-order valence-electron chi connectivity index (χ0n) is 13.7. The first-order chi connectivity index (χ1) is 11.3. The standard InChI is InChI=1S/C18H25N5/c1-2-8-18(9-3-1)10-12-22(13-11-18)16-7-6-15-19-20-17(14-4-5-14)23(15)21-16/h6-7,14H,1-5,8-13H2. The quantitative estimate of drug-likeness (QED) is 0.851. The predicted octanol–water partition coefficient (Wildman–Crippen LogP) is 3.55. The second-order valence-corrected chi connectivity index (χ2v) is 7.84. The highest BCUT2D eigenvalue weighted by molar-refractivity contribution is 5.46. The molecule has 0 bridgehead atoms. The van der Waals surface area contributed by atoms with Crippen molar-refractivity contribution < 1.29 is 0 Å². The van der Waals surface area contributed by atoms with Gasteiger partial charge in [0.1, 0.15) is 5.82 Å². The van der Waals surface area contributed by atoms with Gasteiger partial charge in [-0.25, -0.2) is 0 Å². The summed E-state index contributed by atoms with van der Waals surface area (Å²) < 4.78 is 1.98. The Labute approximate surface area is 137 Å². The number of hydrogen-bond acceptors (Lipinski definition) is 4. The highest BCUT2D eigenvalue weighted by Crippen LogP contribution is 2.45. The maximum absolute atomic E-state index is 4.87. The molecular formula is C18H25N5. The van der Waals surface area contributed by atoms with E-state index >= 15 is 0 Å². The topological polar surface area (TPSA) is 46.3 Å². The normalized spacial score (nSPS) is 24.4. The summed E-state index contributed by atoms with van der Waals surface area (Å²) in [5, 5.41) is 13.5. The van der Waals surface area contributed by atoms with Crippen LogP contribution in [0.1, 0.15) is 69.5 Å². The molecule has 0 aromatic carbocycles. The molecule has 23 heavy (non-hydrogen) atoms. The van der Waals surface area contributed by atoms with E-state index in [0.29, 0.717) is 11.3 Å². The number of anilines is 1. The molecule has 2 aromatic heterocycles. The molecule has 3 aliphatic rings. The molecule has 0 atom stereocenters. The zero-order chi connectivity index (χ0) is 15.3. The summed E-state index contributed by atoms with van der Waals surface area (Å²) in [6.07, 6.45) is 12.4. The van der Waals surface area contributed by atoms with E-state index in [1.807, 2.05) is 4.52 Å². The fraction of sp³-hybridized carbons (Fsp3) is 0.722. The maximum atomic E-state index is 4.87. The number of aromatic nitrogens is 4. The minimum Gasteiger partial charge on any atom is -0.355 e. The van der Waals surface area contributed by atoms with Gasteiger partial charge in [0.15, 0.2) is 11.5 Å². The molecule has 0 radical (unpaired) electrons. The van der Waals surface area contributed by atoms with Gasteiger partial charge in [0.25, 0.3) is 0 Å². The van der Waals surface area contributed by atoms with Gasteiger partial charge in [0.2, 0.25) is 0 Å². The van der Waals surface area contributed by atoms with Crippen LogP contribution in [0.4, 0.5) is 5.82 Å². The van der Waals surface area contributed by atoms with Crippen LogP contribution in [0.2, 0.25) is 0 Å². The average molecular weight is 311 g/mol. The second kappa shape index (κ2) is 5.18. The first kappa shape index (κ1) is 13.8.